The molecule has 0 spiro atoms. The van der Waals surface area contributed by atoms with Gasteiger partial charge in [-0.25, -0.2) is 0 Å². The van der Waals surface area contributed by atoms with Gasteiger partial charge in [-0.1, -0.05) is 19.1 Å². The van der Waals surface area contributed by atoms with Gasteiger partial charge in [0.05, 0.1) is 0 Å². The summed E-state index contributed by atoms with van der Waals surface area (Å²) >= 11 is 0. The molecule has 0 aliphatic heterocycles. The van der Waals surface area contributed by atoms with Crippen LogP contribution in [0.15, 0.2) is 12.2 Å². The topological polar surface area (TPSA) is 12.0 Å². The molecule has 0 radical (unpaired) electrons. The summed E-state index contributed by atoms with van der Waals surface area (Å²) < 4.78 is 0. The fourth-order valence-corrected chi connectivity index (χ4v) is 3.64. The van der Waals surface area contributed by atoms with Gasteiger partial charge in [0.2, 0.25) is 0 Å². The van der Waals surface area contributed by atoms with Crippen LogP contribution in [0.5, 0.6) is 0 Å². The SMILES string of the molecule is CC1CCC(NC2CC3CC=CC32)CC1. The second-order valence-electron chi connectivity index (χ2n) is 5.97. The minimum absolute atomic E-state index is 0.826. The Bertz CT molecular complexity index is 250. The summed E-state index contributed by atoms with van der Waals surface area (Å²) in [6, 6.07) is 1.66. The summed E-state index contributed by atoms with van der Waals surface area (Å²) in [5, 5.41) is 3.90. The van der Waals surface area contributed by atoms with Gasteiger partial charge in [0.1, 0.15) is 0 Å². The van der Waals surface area contributed by atoms with Crippen molar-refractivity contribution in [2.75, 3.05) is 0 Å². The average molecular weight is 205 g/mol. The summed E-state index contributed by atoms with van der Waals surface area (Å²) in [4.78, 5) is 0. The largest absolute Gasteiger partial charge is 0.311 e. The lowest BCUT2D eigenvalue weighted by molar-refractivity contribution is 0.136. The van der Waals surface area contributed by atoms with E-state index in [0.717, 1.165) is 29.8 Å². The molecule has 0 amide bonds. The van der Waals surface area contributed by atoms with Crippen molar-refractivity contribution in [2.24, 2.45) is 17.8 Å². The van der Waals surface area contributed by atoms with Crippen LogP contribution >= 0.6 is 0 Å². The molecular formula is C14H23N. The zero-order chi connectivity index (χ0) is 10.3. The minimum atomic E-state index is 0.826. The van der Waals surface area contributed by atoms with Crippen molar-refractivity contribution in [1.29, 1.82) is 0 Å². The van der Waals surface area contributed by atoms with Gasteiger partial charge in [-0.2, -0.15) is 0 Å². The number of rotatable bonds is 2. The van der Waals surface area contributed by atoms with Gasteiger partial charge in [-0.15, -0.1) is 0 Å². The molecule has 2 saturated carbocycles. The summed E-state index contributed by atoms with van der Waals surface area (Å²) in [6.07, 6.45) is 13.3. The van der Waals surface area contributed by atoms with Crippen molar-refractivity contribution >= 4 is 0 Å². The van der Waals surface area contributed by atoms with Crippen LogP contribution in [-0.4, -0.2) is 12.1 Å². The van der Waals surface area contributed by atoms with Crippen LogP contribution in [0.1, 0.15) is 45.4 Å². The first-order valence-corrected chi connectivity index (χ1v) is 6.75. The molecule has 0 saturated heterocycles. The second-order valence-corrected chi connectivity index (χ2v) is 5.97. The molecule has 2 fully saturated rings. The Kier molecular flexibility index (Phi) is 2.59. The molecule has 1 heteroatoms. The van der Waals surface area contributed by atoms with Gasteiger partial charge in [-0.05, 0) is 56.3 Å². The maximum absolute atomic E-state index is 3.90. The van der Waals surface area contributed by atoms with Gasteiger partial charge >= 0.3 is 0 Å². The molecule has 0 aromatic carbocycles. The smallest absolute Gasteiger partial charge is 0.0138 e. The van der Waals surface area contributed by atoms with Crippen LogP contribution < -0.4 is 5.32 Å². The maximum atomic E-state index is 3.90. The standard InChI is InChI=1S/C14H23N/c1-10-5-7-12(8-6-10)15-14-9-11-3-2-4-13(11)14/h2,4,10-15H,3,5-9H2,1H3. The van der Waals surface area contributed by atoms with E-state index < -0.39 is 0 Å². The van der Waals surface area contributed by atoms with Gasteiger partial charge in [0.25, 0.3) is 0 Å². The summed E-state index contributed by atoms with van der Waals surface area (Å²) in [6.45, 7) is 2.40. The van der Waals surface area contributed by atoms with Crippen LogP contribution in [0.25, 0.3) is 0 Å². The third-order valence-corrected chi connectivity index (χ3v) is 4.83. The molecule has 0 aromatic heterocycles. The Labute approximate surface area is 93.3 Å². The zero-order valence-electron chi connectivity index (χ0n) is 9.78. The van der Waals surface area contributed by atoms with Gasteiger partial charge in [-0.3, -0.25) is 0 Å². The molecule has 1 nitrogen and oxygen atoms in total. The van der Waals surface area contributed by atoms with Crippen LogP contribution in [0, 0.1) is 17.8 Å². The Morgan fingerprint density at radius 1 is 1.13 bits per heavy atom. The van der Waals surface area contributed by atoms with E-state index in [9.17, 15) is 0 Å². The second kappa shape index (κ2) is 3.93. The molecule has 3 atom stereocenters. The highest BCUT2D eigenvalue weighted by molar-refractivity contribution is 5.13. The minimum Gasteiger partial charge on any atom is -0.311 e. The van der Waals surface area contributed by atoms with Crippen molar-refractivity contribution < 1.29 is 0 Å². The maximum Gasteiger partial charge on any atom is 0.0138 e. The van der Waals surface area contributed by atoms with Gasteiger partial charge in [0.15, 0.2) is 0 Å². The lowest BCUT2D eigenvalue weighted by Gasteiger charge is -2.43. The van der Waals surface area contributed by atoms with Crippen molar-refractivity contribution in [2.45, 2.75) is 57.5 Å². The third-order valence-electron chi connectivity index (χ3n) is 4.83. The number of hydrogen-bond acceptors (Lipinski definition) is 1. The Balaban J connectivity index is 1.48. The number of hydrogen-bond donors (Lipinski definition) is 1. The first-order valence-electron chi connectivity index (χ1n) is 6.75. The summed E-state index contributed by atoms with van der Waals surface area (Å²) in [5.41, 5.74) is 0. The van der Waals surface area contributed by atoms with E-state index in [4.69, 9.17) is 0 Å². The average Bonchev–Trinajstić information content (AvgIpc) is 2.59. The first-order chi connectivity index (χ1) is 7.33. The lowest BCUT2D eigenvalue weighted by Crippen LogP contribution is -2.52. The zero-order valence-corrected chi connectivity index (χ0v) is 9.78. The fraction of sp³-hybridized carbons (Fsp3) is 0.857. The lowest BCUT2D eigenvalue weighted by atomic mass is 9.70. The molecular weight excluding hydrogens is 182 g/mol. The summed E-state index contributed by atoms with van der Waals surface area (Å²) in [5.74, 6) is 2.87. The highest BCUT2D eigenvalue weighted by Crippen LogP contribution is 2.43. The molecule has 0 bridgehead atoms. The predicted molar refractivity (Wildman–Crippen MR) is 63.7 cm³/mol. The highest BCUT2D eigenvalue weighted by atomic mass is 15.0. The van der Waals surface area contributed by atoms with E-state index in [1.165, 1.54) is 38.5 Å². The molecule has 3 rings (SSSR count). The van der Waals surface area contributed by atoms with Gasteiger partial charge < -0.3 is 5.32 Å². The van der Waals surface area contributed by atoms with E-state index in [0.29, 0.717) is 0 Å². The molecule has 0 heterocycles. The molecule has 15 heavy (non-hydrogen) atoms. The van der Waals surface area contributed by atoms with E-state index >= 15 is 0 Å². The van der Waals surface area contributed by atoms with Crippen molar-refractivity contribution in [1.82, 2.24) is 5.32 Å². The molecule has 3 unspecified atom stereocenters. The monoisotopic (exact) mass is 205 g/mol. The van der Waals surface area contributed by atoms with E-state index in [2.05, 4.69) is 24.4 Å². The normalized spacial score (nSPS) is 48.7. The Morgan fingerprint density at radius 3 is 2.67 bits per heavy atom. The first kappa shape index (κ1) is 9.89. The van der Waals surface area contributed by atoms with E-state index in [-0.39, 0.29) is 0 Å². The Hall–Kier alpha value is -0.300. The quantitative estimate of drug-likeness (QED) is 0.683. The van der Waals surface area contributed by atoms with Crippen LogP contribution in [0.3, 0.4) is 0 Å². The van der Waals surface area contributed by atoms with Crippen LogP contribution in [0.4, 0.5) is 0 Å². The molecule has 3 aliphatic carbocycles. The molecule has 3 aliphatic rings. The van der Waals surface area contributed by atoms with E-state index in [1.807, 2.05) is 0 Å². The number of fused-ring (bicyclic) bond motifs is 1. The van der Waals surface area contributed by atoms with Gasteiger partial charge in [0, 0.05) is 12.1 Å². The van der Waals surface area contributed by atoms with Crippen molar-refractivity contribution in [3.8, 4) is 0 Å². The van der Waals surface area contributed by atoms with Crippen LogP contribution in [0.2, 0.25) is 0 Å². The third kappa shape index (κ3) is 1.87. The molecule has 84 valence electrons. The molecule has 1 N–H and O–H groups in total. The van der Waals surface area contributed by atoms with Crippen molar-refractivity contribution in [3.05, 3.63) is 12.2 Å². The highest BCUT2D eigenvalue weighted by Gasteiger charge is 2.41. The Morgan fingerprint density at radius 2 is 1.93 bits per heavy atom. The predicted octanol–water partition coefficient (Wildman–Crippen LogP) is 3.12. The molecule has 0 aromatic rings. The van der Waals surface area contributed by atoms with E-state index in [1.54, 1.807) is 0 Å². The fourth-order valence-electron chi connectivity index (χ4n) is 3.64. The number of nitrogens with one attached hydrogen (secondary N) is 1. The van der Waals surface area contributed by atoms with Crippen molar-refractivity contribution in [3.63, 3.8) is 0 Å². The van der Waals surface area contributed by atoms with Crippen LogP contribution in [-0.2, 0) is 0 Å². The summed E-state index contributed by atoms with van der Waals surface area (Å²) in [7, 11) is 0. The number of allylic oxidation sites excluding steroid dienone is 1.